The number of alkyl halides is 6. The largest absolute Gasteiger partial charge is 0.490 e. The number of hydrogen-bond donors (Lipinski definition) is 2. The van der Waals surface area contributed by atoms with Gasteiger partial charge in [-0.25, -0.2) is 19.6 Å². The molecule has 2 aliphatic heterocycles. The number of rotatable bonds is 7. The quantitative estimate of drug-likeness (QED) is 0.336. The van der Waals surface area contributed by atoms with E-state index in [2.05, 4.69) is 54.5 Å². The van der Waals surface area contributed by atoms with E-state index in [4.69, 9.17) is 29.5 Å². The summed E-state index contributed by atoms with van der Waals surface area (Å²) >= 11 is 0. The van der Waals surface area contributed by atoms with Crippen LogP contribution in [-0.2, 0) is 16.1 Å². The van der Waals surface area contributed by atoms with E-state index >= 15 is 0 Å². The van der Waals surface area contributed by atoms with E-state index in [1.165, 1.54) is 43.7 Å². The summed E-state index contributed by atoms with van der Waals surface area (Å²) in [5, 5.41) is 14.2. The number of halogens is 6. The molecular weight excluding hydrogens is 638 g/mol. The highest BCUT2D eigenvalue weighted by molar-refractivity contribution is 5.73. The molecular formula is C30H36F6N6O5. The lowest BCUT2D eigenvalue weighted by Crippen LogP contribution is -2.48. The molecule has 0 bridgehead atoms. The topological polar surface area (TPSA) is 124 Å². The third kappa shape index (κ3) is 9.93. The molecule has 1 unspecified atom stereocenters. The number of pyridine rings is 2. The van der Waals surface area contributed by atoms with Crippen LogP contribution in [0.25, 0.3) is 5.65 Å². The maximum Gasteiger partial charge on any atom is 0.490 e. The molecule has 0 spiro atoms. The van der Waals surface area contributed by atoms with E-state index in [1.54, 1.807) is 13.3 Å². The smallest absolute Gasteiger partial charge is 0.481 e. The summed E-state index contributed by atoms with van der Waals surface area (Å²) in [5.41, 5.74) is 3.41. The summed E-state index contributed by atoms with van der Waals surface area (Å²) in [6.07, 6.45) is -0.742. The minimum absolute atomic E-state index is 0.313. The third-order valence-electron chi connectivity index (χ3n) is 7.95. The summed E-state index contributed by atoms with van der Waals surface area (Å²) in [7, 11) is 1.71. The molecule has 3 fully saturated rings. The lowest BCUT2D eigenvalue weighted by atomic mass is 10.1. The second-order valence-corrected chi connectivity index (χ2v) is 11.4. The Labute approximate surface area is 266 Å². The van der Waals surface area contributed by atoms with Crippen LogP contribution in [0.5, 0.6) is 5.88 Å². The van der Waals surface area contributed by atoms with Crippen LogP contribution in [0, 0.1) is 5.92 Å². The Morgan fingerprint density at radius 3 is 2.15 bits per heavy atom. The Balaban J connectivity index is 0.000000301. The van der Waals surface area contributed by atoms with Gasteiger partial charge in [0.25, 0.3) is 0 Å². The number of carboxylic acid groups (broad SMARTS) is 2. The maximum absolute atomic E-state index is 10.6. The summed E-state index contributed by atoms with van der Waals surface area (Å²) < 4.78 is 71.3. The lowest BCUT2D eigenvalue weighted by Gasteiger charge is -2.41. The van der Waals surface area contributed by atoms with Crippen LogP contribution in [-0.4, -0.2) is 105 Å². The molecule has 3 aromatic rings. The third-order valence-corrected chi connectivity index (χ3v) is 7.95. The number of carbonyl (C=O) groups is 2. The number of anilines is 1. The van der Waals surface area contributed by atoms with Gasteiger partial charge < -0.3 is 19.8 Å². The predicted molar refractivity (Wildman–Crippen MR) is 157 cm³/mol. The Hall–Kier alpha value is -4.12. The molecule has 47 heavy (non-hydrogen) atoms. The van der Waals surface area contributed by atoms with Gasteiger partial charge in [-0.2, -0.15) is 26.3 Å². The highest BCUT2D eigenvalue weighted by Gasteiger charge is 2.39. The van der Waals surface area contributed by atoms with Crippen molar-refractivity contribution in [3.8, 4) is 5.88 Å². The Morgan fingerprint density at radius 1 is 0.936 bits per heavy atom. The Morgan fingerprint density at radius 2 is 1.57 bits per heavy atom. The van der Waals surface area contributed by atoms with Crippen LogP contribution in [0.4, 0.5) is 32.2 Å². The van der Waals surface area contributed by atoms with Gasteiger partial charge in [-0.3, -0.25) is 14.2 Å². The van der Waals surface area contributed by atoms with Gasteiger partial charge in [-0.1, -0.05) is 12.1 Å². The van der Waals surface area contributed by atoms with Gasteiger partial charge in [0.05, 0.1) is 18.8 Å². The van der Waals surface area contributed by atoms with Crippen LogP contribution in [0.15, 0.2) is 42.7 Å². The Bertz CT molecular complexity index is 1480. The number of carboxylic acids is 2. The molecule has 1 aliphatic carbocycles. The minimum Gasteiger partial charge on any atom is -0.481 e. The minimum atomic E-state index is -5.08. The van der Waals surface area contributed by atoms with Gasteiger partial charge in [-0.05, 0) is 49.8 Å². The number of nitrogens with zero attached hydrogens (tertiary/aromatic N) is 6. The highest BCUT2D eigenvalue weighted by Crippen LogP contribution is 2.35. The molecule has 1 atom stereocenters. The van der Waals surface area contributed by atoms with E-state index in [1.807, 2.05) is 6.07 Å². The molecule has 0 amide bonds. The molecule has 3 aliphatic rings. The normalized spacial score (nSPS) is 19.0. The zero-order valence-electron chi connectivity index (χ0n) is 25.5. The van der Waals surface area contributed by atoms with Crippen molar-refractivity contribution in [1.82, 2.24) is 24.2 Å². The van der Waals surface area contributed by atoms with E-state index in [0.717, 1.165) is 62.3 Å². The fourth-order valence-corrected chi connectivity index (χ4v) is 5.50. The first-order valence-corrected chi connectivity index (χ1v) is 14.9. The molecule has 2 N–H and O–H groups in total. The average Bonchev–Trinajstić information content (AvgIpc) is 3.46. The summed E-state index contributed by atoms with van der Waals surface area (Å²) in [4.78, 5) is 35.1. The fraction of sp³-hybridized carbons (Fsp3) is 0.533. The van der Waals surface area contributed by atoms with Crippen molar-refractivity contribution in [2.45, 2.75) is 50.6 Å². The molecule has 5 heterocycles. The number of hydrogen-bond acceptors (Lipinski definition) is 8. The molecule has 6 rings (SSSR count). The Kier molecular flexibility index (Phi) is 11.5. The molecule has 3 aromatic heterocycles. The van der Waals surface area contributed by atoms with Crippen molar-refractivity contribution >= 4 is 23.4 Å². The zero-order chi connectivity index (χ0) is 34.4. The molecule has 0 aromatic carbocycles. The maximum atomic E-state index is 10.6. The van der Waals surface area contributed by atoms with Crippen molar-refractivity contribution in [3.05, 3.63) is 54.0 Å². The second-order valence-electron chi connectivity index (χ2n) is 11.4. The molecule has 11 nitrogen and oxygen atoms in total. The van der Waals surface area contributed by atoms with Crippen molar-refractivity contribution in [2.24, 2.45) is 5.92 Å². The first kappa shape index (κ1) is 35.7. The van der Waals surface area contributed by atoms with Gasteiger partial charge in [0.1, 0.15) is 11.5 Å². The SMILES string of the molecule is COc1ncccc1CN1CCN(CC2CC2)C(c2cn3c(N4CCCC4)cccc3n2)C1.O=C(O)C(F)(F)F.O=C(O)C(F)(F)F. The fourth-order valence-electron chi connectivity index (χ4n) is 5.50. The number of methoxy groups -OCH3 is 1. The van der Waals surface area contributed by atoms with E-state index in [-0.39, 0.29) is 0 Å². The van der Waals surface area contributed by atoms with Crippen molar-refractivity contribution in [2.75, 3.05) is 51.3 Å². The van der Waals surface area contributed by atoms with Gasteiger partial charge >= 0.3 is 24.3 Å². The number of piperazine rings is 1. The molecule has 17 heteroatoms. The molecule has 1 saturated carbocycles. The average molecular weight is 675 g/mol. The van der Waals surface area contributed by atoms with Crippen LogP contribution in [0.3, 0.4) is 0 Å². The van der Waals surface area contributed by atoms with Crippen LogP contribution in [0.1, 0.15) is 43.0 Å². The van der Waals surface area contributed by atoms with Crippen molar-refractivity contribution in [3.63, 3.8) is 0 Å². The van der Waals surface area contributed by atoms with Crippen molar-refractivity contribution < 1.29 is 50.9 Å². The van der Waals surface area contributed by atoms with Crippen LogP contribution in [0.2, 0.25) is 0 Å². The number of ether oxygens (including phenoxy) is 1. The zero-order valence-corrected chi connectivity index (χ0v) is 25.5. The van der Waals surface area contributed by atoms with Crippen molar-refractivity contribution in [1.29, 1.82) is 0 Å². The standard InChI is InChI=1S/C26H34N6O.2C2HF3O2/c1-33-26-21(6-5-11-27-26)17-29-14-15-31(16-20-9-10-20)23(19-29)22-18-32-24(28-22)7-4-8-25(32)30-12-2-3-13-30;2*3-2(4,5)1(6)7/h4-8,11,18,20,23H,2-3,9-10,12-17,19H2,1H3;2*(H,6,7). The molecule has 258 valence electrons. The highest BCUT2D eigenvalue weighted by atomic mass is 19.4. The number of imidazole rings is 1. The number of aliphatic carboxylic acids is 2. The van der Waals surface area contributed by atoms with E-state index < -0.39 is 24.3 Å². The van der Waals surface area contributed by atoms with Crippen LogP contribution >= 0.6 is 0 Å². The molecule has 2 saturated heterocycles. The number of fused-ring (bicyclic) bond motifs is 1. The second kappa shape index (κ2) is 15.2. The molecule has 0 radical (unpaired) electrons. The lowest BCUT2D eigenvalue weighted by molar-refractivity contribution is -0.193. The number of aromatic nitrogens is 3. The summed E-state index contributed by atoms with van der Waals surface area (Å²) in [6, 6.07) is 11.0. The van der Waals surface area contributed by atoms with Gasteiger partial charge in [0.2, 0.25) is 5.88 Å². The van der Waals surface area contributed by atoms with Gasteiger partial charge in [0, 0.05) is 63.8 Å². The van der Waals surface area contributed by atoms with Gasteiger partial charge in [0.15, 0.2) is 0 Å². The first-order valence-electron chi connectivity index (χ1n) is 14.9. The van der Waals surface area contributed by atoms with E-state index in [0.29, 0.717) is 6.04 Å². The van der Waals surface area contributed by atoms with Gasteiger partial charge in [-0.15, -0.1) is 0 Å². The summed E-state index contributed by atoms with van der Waals surface area (Å²) in [5.74, 6) is -2.63. The first-order chi connectivity index (χ1) is 22.2. The monoisotopic (exact) mass is 674 g/mol. The van der Waals surface area contributed by atoms with Crippen LogP contribution < -0.4 is 9.64 Å². The predicted octanol–water partition coefficient (Wildman–Crippen LogP) is 4.87. The summed E-state index contributed by atoms with van der Waals surface area (Å²) in [6.45, 7) is 7.46. The van der Waals surface area contributed by atoms with E-state index in [9.17, 15) is 26.3 Å².